The molecule has 2 aromatic rings. The molecule has 3 rings (SSSR count). The van der Waals surface area contributed by atoms with Crippen molar-refractivity contribution in [1.29, 1.82) is 0 Å². The Morgan fingerprint density at radius 2 is 1.92 bits per heavy atom. The number of hydrogen-bond donors (Lipinski definition) is 2. The summed E-state index contributed by atoms with van der Waals surface area (Å²) in [5, 5.41) is 5.34. The Morgan fingerprint density at radius 3 is 2.64 bits per heavy atom. The molecule has 1 fully saturated rings. The summed E-state index contributed by atoms with van der Waals surface area (Å²) in [5.41, 5.74) is 6.93. The van der Waals surface area contributed by atoms with E-state index in [1.54, 1.807) is 30.3 Å². The molecule has 2 N–H and O–H groups in total. The number of hydrogen-bond acceptors (Lipinski definition) is 5. The molecule has 0 aromatic heterocycles. The zero-order valence-corrected chi connectivity index (χ0v) is 12.9. The van der Waals surface area contributed by atoms with Crippen LogP contribution in [0.4, 0.5) is 20.2 Å². The van der Waals surface area contributed by atoms with E-state index in [1.807, 2.05) is 6.07 Å². The van der Waals surface area contributed by atoms with Gasteiger partial charge in [-0.2, -0.15) is 13.9 Å². The smallest absolute Gasteiger partial charge is 0.387 e. The number of alkyl halides is 2. The van der Waals surface area contributed by atoms with Gasteiger partial charge in [-0.3, -0.25) is 15.6 Å². The van der Waals surface area contributed by atoms with Gasteiger partial charge in [0.15, 0.2) is 5.71 Å². The van der Waals surface area contributed by atoms with Gasteiger partial charge >= 0.3 is 6.61 Å². The average molecular weight is 344 g/mol. The van der Waals surface area contributed by atoms with Gasteiger partial charge in [0.1, 0.15) is 5.75 Å². The molecule has 1 saturated heterocycles. The van der Waals surface area contributed by atoms with Gasteiger partial charge in [0, 0.05) is 6.07 Å². The van der Waals surface area contributed by atoms with Crippen molar-refractivity contribution in [2.75, 3.05) is 10.4 Å². The van der Waals surface area contributed by atoms with Crippen LogP contribution in [0.15, 0.2) is 72.0 Å². The molecule has 1 aliphatic heterocycles. The molecule has 0 aliphatic carbocycles. The molecule has 0 unspecified atom stereocenters. The van der Waals surface area contributed by atoms with Crippen LogP contribution in [0.3, 0.4) is 0 Å². The third kappa shape index (κ3) is 3.74. The van der Waals surface area contributed by atoms with Crippen LogP contribution in [0.2, 0.25) is 0 Å². The maximum atomic E-state index is 12.5. The largest absolute Gasteiger partial charge is 0.435 e. The fourth-order valence-corrected chi connectivity index (χ4v) is 2.21. The predicted octanol–water partition coefficient (Wildman–Crippen LogP) is 3.12. The van der Waals surface area contributed by atoms with Crippen molar-refractivity contribution in [1.82, 2.24) is 5.43 Å². The summed E-state index contributed by atoms with van der Waals surface area (Å²) >= 11 is 0. The standard InChI is InChI=1S/C17H14F2N4O2/c1-11-15(16(24)23(22-11)13-7-3-2-4-8-13)21-20-12-6-5-9-14(10-12)25-17(18)19/h2-10,17,20,22H,1H2. The summed E-state index contributed by atoms with van der Waals surface area (Å²) in [6.45, 7) is 0.847. The van der Waals surface area contributed by atoms with Gasteiger partial charge in [-0.25, -0.2) is 5.01 Å². The highest BCUT2D eigenvalue weighted by atomic mass is 19.3. The predicted molar refractivity (Wildman–Crippen MR) is 90.3 cm³/mol. The highest BCUT2D eigenvalue weighted by Crippen LogP contribution is 2.21. The number of rotatable bonds is 5. The molecule has 1 heterocycles. The van der Waals surface area contributed by atoms with Crippen molar-refractivity contribution in [2.24, 2.45) is 5.10 Å². The molecule has 128 valence electrons. The molecule has 8 heteroatoms. The quantitative estimate of drug-likeness (QED) is 0.818. The number of benzene rings is 2. The first-order valence-corrected chi connectivity index (χ1v) is 7.28. The van der Waals surface area contributed by atoms with Crippen LogP contribution in [0.25, 0.3) is 0 Å². The highest BCUT2D eigenvalue weighted by molar-refractivity contribution is 6.51. The zero-order chi connectivity index (χ0) is 17.8. The molecule has 0 radical (unpaired) electrons. The Labute approximate surface area is 142 Å². The third-order valence-corrected chi connectivity index (χ3v) is 3.31. The zero-order valence-electron chi connectivity index (χ0n) is 12.9. The van der Waals surface area contributed by atoms with Gasteiger partial charge in [-0.15, -0.1) is 0 Å². The molecule has 1 aliphatic rings. The molecule has 2 aromatic carbocycles. The number of anilines is 2. The summed E-state index contributed by atoms with van der Waals surface area (Å²) < 4.78 is 28.8. The fraction of sp³-hybridized carbons (Fsp3) is 0.0588. The van der Waals surface area contributed by atoms with Crippen LogP contribution in [0.5, 0.6) is 5.75 Å². The second-order valence-corrected chi connectivity index (χ2v) is 5.05. The first kappa shape index (κ1) is 16.4. The summed E-state index contributed by atoms with van der Waals surface area (Å²) in [6.07, 6.45) is 0. The number of para-hydroxylation sites is 1. The lowest BCUT2D eigenvalue weighted by Crippen LogP contribution is -2.34. The minimum atomic E-state index is -2.92. The number of carbonyl (C=O) groups excluding carboxylic acids is 1. The molecular weight excluding hydrogens is 330 g/mol. The van der Waals surface area contributed by atoms with Crippen LogP contribution in [-0.4, -0.2) is 18.2 Å². The van der Waals surface area contributed by atoms with Crippen LogP contribution >= 0.6 is 0 Å². The number of nitrogens with zero attached hydrogens (tertiary/aromatic N) is 2. The van der Waals surface area contributed by atoms with Crippen molar-refractivity contribution >= 4 is 23.0 Å². The van der Waals surface area contributed by atoms with Gasteiger partial charge < -0.3 is 4.74 Å². The molecule has 25 heavy (non-hydrogen) atoms. The van der Waals surface area contributed by atoms with E-state index in [0.29, 0.717) is 17.1 Å². The second-order valence-electron chi connectivity index (χ2n) is 5.05. The number of carbonyl (C=O) groups is 1. The summed E-state index contributed by atoms with van der Waals surface area (Å²) in [6, 6.07) is 14.8. The number of halogens is 2. The molecule has 0 atom stereocenters. The highest BCUT2D eigenvalue weighted by Gasteiger charge is 2.32. The fourth-order valence-electron chi connectivity index (χ4n) is 2.21. The Morgan fingerprint density at radius 1 is 1.16 bits per heavy atom. The van der Waals surface area contributed by atoms with Gasteiger partial charge in [-0.1, -0.05) is 30.8 Å². The van der Waals surface area contributed by atoms with Crippen LogP contribution < -0.4 is 20.6 Å². The molecule has 6 nitrogen and oxygen atoms in total. The number of amides is 1. The number of hydrazine groups is 1. The topological polar surface area (TPSA) is 66.0 Å². The van der Waals surface area contributed by atoms with Crippen molar-refractivity contribution in [3.05, 3.63) is 66.9 Å². The van der Waals surface area contributed by atoms with Gasteiger partial charge in [-0.05, 0) is 24.3 Å². The van der Waals surface area contributed by atoms with E-state index in [-0.39, 0.29) is 17.4 Å². The number of ether oxygens (including phenoxy) is 1. The summed E-state index contributed by atoms with van der Waals surface area (Å²) in [4.78, 5) is 12.5. The summed E-state index contributed by atoms with van der Waals surface area (Å²) in [5.74, 6) is -0.399. The Hall–Kier alpha value is -3.42. The van der Waals surface area contributed by atoms with E-state index in [2.05, 4.69) is 27.3 Å². The summed E-state index contributed by atoms with van der Waals surface area (Å²) in [7, 11) is 0. The van der Waals surface area contributed by atoms with Crippen molar-refractivity contribution in [2.45, 2.75) is 6.61 Å². The van der Waals surface area contributed by atoms with E-state index in [9.17, 15) is 13.6 Å². The van der Waals surface area contributed by atoms with E-state index in [0.717, 1.165) is 0 Å². The lowest BCUT2D eigenvalue weighted by Gasteiger charge is -2.14. The minimum Gasteiger partial charge on any atom is -0.435 e. The Kier molecular flexibility index (Phi) is 4.60. The van der Waals surface area contributed by atoms with Gasteiger partial charge in [0.2, 0.25) is 0 Å². The number of hydrazone groups is 1. The Bertz CT molecular complexity index is 824. The lowest BCUT2D eigenvalue weighted by molar-refractivity contribution is -0.112. The number of nitrogens with one attached hydrogen (secondary N) is 2. The normalized spacial score (nSPS) is 15.6. The maximum Gasteiger partial charge on any atom is 0.387 e. The first-order chi connectivity index (χ1) is 12.0. The van der Waals surface area contributed by atoms with E-state index < -0.39 is 6.61 Å². The van der Waals surface area contributed by atoms with E-state index in [4.69, 9.17) is 0 Å². The van der Waals surface area contributed by atoms with E-state index >= 15 is 0 Å². The molecule has 0 bridgehead atoms. The van der Waals surface area contributed by atoms with E-state index in [1.165, 1.54) is 23.2 Å². The van der Waals surface area contributed by atoms with Crippen molar-refractivity contribution in [3.63, 3.8) is 0 Å². The molecule has 0 spiro atoms. The Balaban J connectivity index is 1.75. The molecular formula is C17H14F2N4O2. The van der Waals surface area contributed by atoms with Crippen molar-refractivity contribution in [3.8, 4) is 5.75 Å². The SMILES string of the molecule is C=C1NN(c2ccccc2)C(=O)C1=NNc1cccc(OC(F)F)c1. The van der Waals surface area contributed by atoms with Gasteiger partial charge in [0.25, 0.3) is 5.91 Å². The average Bonchev–Trinajstić information content (AvgIpc) is 2.88. The maximum absolute atomic E-state index is 12.5. The van der Waals surface area contributed by atoms with Crippen LogP contribution in [0, 0.1) is 0 Å². The van der Waals surface area contributed by atoms with Crippen molar-refractivity contribution < 1.29 is 18.3 Å². The lowest BCUT2D eigenvalue weighted by atomic mass is 10.3. The molecule has 1 amide bonds. The second kappa shape index (κ2) is 7.00. The monoisotopic (exact) mass is 344 g/mol. The minimum absolute atomic E-state index is 0.0131. The molecule has 0 saturated carbocycles. The first-order valence-electron chi connectivity index (χ1n) is 7.28. The third-order valence-electron chi connectivity index (χ3n) is 3.31. The van der Waals surface area contributed by atoms with Crippen LogP contribution in [0.1, 0.15) is 0 Å². The van der Waals surface area contributed by atoms with Crippen LogP contribution in [-0.2, 0) is 4.79 Å². The van der Waals surface area contributed by atoms with Gasteiger partial charge in [0.05, 0.1) is 17.1 Å².